The van der Waals surface area contributed by atoms with Crippen LogP contribution in [-0.2, 0) is 6.42 Å². The van der Waals surface area contributed by atoms with Crippen LogP contribution in [0.1, 0.15) is 47.5 Å². The normalized spacial score (nSPS) is 27.3. The molecule has 1 aliphatic carbocycles. The topological polar surface area (TPSA) is 36.4 Å². The van der Waals surface area contributed by atoms with Gasteiger partial charge in [-0.2, -0.15) is 0 Å². The van der Waals surface area contributed by atoms with Crippen molar-refractivity contribution in [2.24, 2.45) is 0 Å². The van der Waals surface area contributed by atoms with Gasteiger partial charge in [-0.25, -0.2) is 4.98 Å². The zero-order valence-electron chi connectivity index (χ0n) is 11.8. The van der Waals surface area contributed by atoms with E-state index in [2.05, 4.69) is 14.8 Å². The molecule has 4 nitrogen and oxygen atoms in total. The highest BCUT2D eigenvalue weighted by Crippen LogP contribution is 2.34. The average Bonchev–Trinajstić information content (AvgIpc) is 3.18. The number of hydrogen-bond donors (Lipinski definition) is 0. The summed E-state index contributed by atoms with van der Waals surface area (Å²) in [6, 6.07) is 0.703. The molecule has 0 saturated carbocycles. The maximum absolute atomic E-state index is 11.9. The molecule has 0 aromatic carbocycles. The van der Waals surface area contributed by atoms with Crippen molar-refractivity contribution in [1.82, 2.24) is 9.88 Å². The average molecular weight is 291 g/mol. The van der Waals surface area contributed by atoms with Gasteiger partial charge < -0.3 is 4.90 Å². The number of anilines is 1. The third kappa shape index (κ3) is 2.17. The highest BCUT2D eigenvalue weighted by Gasteiger charge is 2.32. The fourth-order valence-corrected chi connectivity index (χ4v) is 4.86. The Bertz CT molecular complexity index is 521. The lowest BCUT2D eigenvalue weighted by molar-refractivity contribution is 0.0968. The second kappa shape index (κ2) is 5.11. The molecule has 3 heterocycles. The van der Waals surface area contributed by atoms with E-state index in [1.54, 1.807) is 11.3 Å². The molecule has 1 unspecified atom stereocenters. The predicted octanol–water partition coefficient (Wildman–Crippen LogP) is 2.34. The molecular weight excluding hydrogens is 270 g/mol. The number of Topliss-reactive ketones (excluding diaryl/α,β-unsaturated/α-hetero) is 1. The number of hydrogen-bond acceptors (Lipinski definition) is 5. The Hall–Kier alpha value is -0.940. The van der Waals surface area contributed by atoms with Crippen LogP contribution in [0.4, 0.5) is 5.13 Å². The molecule has 1 aromatic rings. The molecule has 1 atom stereocenters. The monoisotopic (exact) mass is 291 g/mol. The summed E-state index contributed by atoms with van der Waals surface area (Å²) in [5.41, 5.74) is 0.779. The van der Waals surface area contributed by atoms with E-state index in [4.69, 9.17) is 0 Å². The van der Waals surface area contributed by atoms with Crippen LogP contribution in [0.2, 0.25) is 0 Å². The molecule has 4 rings (SSSR count). The van der Waals surface area contributed by atoms with Gasteiger partial charge in [-0.1, -0.05) is 0 Å². The molecule has 3 aliphatic rings. The number of aromatic nitrogens is 1. The van der Waals surface area contributed by atoms with Gasteiger partial charge in [0.25, 0.3) is 0 Å². The molecule has 1 aromatic heterocycles. The van der Waals surface area contributed by atoms with Crippen LogP contribution in [0, 0.1) is 0 Å². The van der Waals surface area contributed by atoms with Crippen LogP contribution in [0.5, 0.6) is 0 Å². The second-order valence-corrected chi connectivity index (χ2v) is 7.24. The third-order valence-corrected chi connectivity index (χ3v) is 6.02. The number of aryl methyl sites for hydroxylation is 1. The van der Waals surface area contributed by atoms with E-state index in [1.807, 2.05) is 0 Å². The van der Waals surface area contributed by atoms with Gasteiger partial charge in [0.1, 0.15) is 5.69 Å². The Labute approximate surface area is 123 Å². The van der Waals surface area contributed by atoms with E-state index in [0.29, 0.717) is 12.5 Å². The summed E-state index contributed by atoms with van der Waals surface area (Å²) >= 11 is 1.76. The lowest BCUT2D eigenvalue weighted by Gasteiger charge is -2.23. The second-order valence-electron chi connectivity index (χ2n) is 6.18. The number of carbonyl (C=O) groups is 1. The molecule has 2 saturated heterocycles. The van der Waals surface area contributed by atoms with E-state index in [9.17, 15) is 4.79 Å². The van der Waals surface area contributed by atoms with Gasteiger partial charge in [0, 0.05) is 30.4 Å². The zero-order valence-corrected chi connectivity index (χ0v) is 12.6. The molecule has 5 heteroatoms. The largest absolute Gasteiger partial charge is 0.346 e. The van der Waals surface area contributed by atoms with Crippen molar-refractivity contribution in [3.05, 3.63) is 10.6 Å². The third-order valence-electron chi connectivity index (χ3n) is 4.85. The number of likely N-dealkylation sites (tertiary alicyclic amines) is 1. The van der Waals surface area contributed by atoms with Gasteiger partial charge in [-0.05, 0) is 45.2 Å². The van der Waals surface area contributed by atoms with Crippen molar-refractivity contribution in [3.63, 3.8) is 0 Å². The zero-order chi connectivity index (χ0) is 13.5. The number of thiazole rings is 1. The summed E-state index contributed by atoms with van der Waals surface area (Å²) < 4.78 is 0. The molecule has 2 aliphatic heterocycles. The van der Waals surface area contributed by atoms with Crippen LogP contribution < -0.4 is 4.90 Å². The number of rotatable bonds is 2. The predicted molar refractivity (Wildman–Crippen MR) is 80.8 cm³/mol. The summed E-state index contributed by atoms with van der Waals surface area (Å²) in [5.74, 6) is 0.254. The number of fused-ring (bicyclic) bond motifs is 1. The first-order chi connectivity index (χ1) is 9.81. The van der Waals surface area contributed by atoms with Crippen molar-refractivity contribution < 1.29 is 4.79 Å². The minimum absolute atomic E-state index is 0.254. The van der Waals surface area contributed by atoms with Gasteiger partial charge in [-0.15, -0.1) is 11.3 Å². The Morgan fingerprint density at radius 1 is 1.10 bits per heavy atom. The quantitative estimate of drug-likeness (QED) is 0.838. The maximum atomic E-state index is 11.9. The van der Waals surface area contributed by atoms with Crippen LogP contribution in [0.25, 0.3) is 0 Å². The maximum Gasteiger partial charge on any atom is 0.186 e. The Kier molecular flexibility index (Phi) is 3.27. The van der Waals surface area contributed by atoms with E-state index in [-0.39, 0.29) is 5.78 Å². The first-order valence-electron chi connectivity index (χ1n) is 7.83. The molecular formula is C15H21N3OS. The van der Waals surface area contributed by atoms with Gasteiger partial charge in [0.05, 0.1) is 0 Å². The number of nitrogens with zero attached hydrogens (tertiary/aromatic N) is 3. The van der Waals surface area contributed by atoms with E-state index in [0.717, 1.165) is 36.8 Å². The van der Waals surface area contributed by atoms with Gasteiger partial charge in [0.15, 0.2) is 10.9 Å². The molecule has 0 spiro atoms. The SMILES string of the molecule is O=C1CCCc2sc(N3CCC(N4CCCC4)C3)nc21. The van der Waals surface area contributed by atoms with Crippen molar-refractivity contribution >= 4 is 22.3 Å². The van der Waals surface area contributed by atoms with Gasteiger partial charge in [0.2, 0.25) is 0 Å². The van der Waals surface area contributed by atoms with Gasteiger partial charge >= 0.3 is 0 Å². The van der Waals surface area contributed by atoms with Crippen molar-refractivity contribution in [1.29, 1.82) is 0 Å². The highest BCUT2D eigenvalue weighted by molar-refractivity contribution is 7.16. The summed E-state index contributed by atoms with van der Waals surface area (Å²) in [7, 11) is 0. The van der Waals surface area contributed by atoms with Crippen molar-refractivity contribution in [2.75, 3.05) is 31.1 Å². The Morgan fingerprint density at radius 2 is 1.95 bits per heavy atom. The van der Waals surface area contributed by atoms with Crippen LogP contribution in [0.3, 0.4) is 0 Å². The van der Waals surface area contributed by atoms with E-state index >= 15 is 0 Å². The lowest BCUT2D eigenvalue weighted by atomic mass is 10.0. The number of carbonyl (C=O) groups excluding carboxylic acids is 1. The van der Waals surface area contributed by atoms with E-state index < -0.39 is 0 Å². The highest BCUT2D eigenvalue weighted by atomic mass is 32.1. The Morgan fingerprint density at radius 3 is 2.75 bits per heavy atom. The summed E-state index contributed by atoms with van der Waals surface area (Å²) in [6.45, 7) is 4.74. The molecule has 108 valence electrons. The fraction of sp³-hybridized carbons (Fsp3) is 0.733. The Balaban J connectivity index is 1.50. The first-order valence-corrected chi connectivity index (χ1v) is 8.65. The summed E-state index contributed by atoms with van der Waals surface area (Å²) in [6.07, 6.45) is 6.70. The smallest absolute Gasteiger partial charge is 0.186 e. The lowest BCUT2D eigenvalue weighted by Crippen LogP contribution is -2.35. The molecule has 0 amide bonds. The first kappa shape index (κ1) is 12.8. The van der Waals surface area contributed by atoms with Gasteiger partial charge in [-0.3, -0.25) is 9.69 Å². The van der Waals surface area contributed by atoms with Crippen molar-refractivity contribution in [2.45, 2.75) is 44.6 Å². The van der Waals surface area contributed by atoms with Crippen LogP contribution in [0.15, 0.2) is 0 Å². The molecule has 0 N–H and O–H groups in total. The summed E-state index contributed by atoms with van der Waals surface area (Å²) in [4.78, 5) is 22.8. The molecule has 2 fully saturated rings. The minimum Gasteiger partial charge on any atom is -0.346 e. The van der Waals surface area contributed by atoms with Crippen LogP contribution in [-0.4, -0.2) is 47.9 Å². The molecule has 0 radical (unpaired) electrons. The summed E-state index contributed by atoms with van der Waals surface area (Å²) in [5, 5.41) is 1.09. The van der Waals surface area contributed by atoms with E-state index in [1.165, 1.54) is 37.2 Å². The minimum atomic E-state index is 0.254. The standard InChI is InChI=1S/C15H21N3OS/c19-12-4-3-5-13-14(12)16-15(20-13)18-9-6-11(10-18)17-7-1-2-8-17/h11H,1-10H2. The fourth-order valence-electron chi connectivity index (χ4n) is 3.71. The number of ketones is 1. The molecule has 0 bridgehead atoms. The van der Waals surface area contributed by atoms with Crippen molar-refractivity contribution in [3.8, 4) is 0 Å². The van der Waals surface area contributed by atoms with Crippen LogP contribution >= 0.6 is 11.3 Å². The molecule has 20 heavy (non-hydrogen) atoms.